The zero-order chi connectivity index (χ0) is 29.4. The molecule has 0 unspecified atom stereocenters. The highest BCUT2D eigenvalue weighted by molar-refractivity contribution is 5.60. The third-order valence-corrected chi connectivity index (χ3v) is 8.13. The number of fused-ring (bicyclic) bond motifs is 1. The minimum atomic E-state index is -4.93. The highest BCUT2D eigenvalue weighted by Crippen LogP contribution is 2.38. The van der Waals surface area contributed by atoms with Crippen LogP contribution in [0.4, 0.5) is 38.0 Å². The molecule has 0 aliphatic heterocycles. The van der Waals surface area contributed by atoms with Gasteiger partial charge in [-0.3, -0.25) is 0 Å². The van der Waals surface area contributed by atoms with Gasteiger partial charge in [-0.15, -0.1) is 5.10 Å². The number of anilines is 2. The lowest BCUT2D eigenvalue weighted by Gasteiger charge is -2.31. The minimum absolute atomic E-state index is 0.128. The smallest absolute Gasteiger partial charge is 0.371 e. The first-order valence-corrected chi connectivity index (χ1v) is 14.1. The number of benzene rings is 2. The molecule has 0 radical (unpaired) electrons. The van der Waals surface area contributed by atoms with Gasteiger partial charge >= 0.3 is 12.4 Å². The fourth-order valence-corrected chi connectivity index (χ4v) is 6.12. The van der Waals surface area contributed by atoms with Crippen molar-refractivity contribution in [3.05, 3.63) is 63.7 Å². The number of halogens is 6. The van der Waals surface area contributed by atoms with Gasteiger partial charge in [0, 0.05) is 31.9 Å². The van der Waals surface area contributed by atoms with Crippen LogP contribution in [0.15, 0.2) is 30.3 Å². The first-order chi connectivity index (χ1) is 19.4. The standard InChI is InChI=1S/C29H34F6N6/c1-3-40(16-19-7-4-5-8-19)26-14-22-10-6-9-21(22)13-23(26)18-41(27-36-38-39(2)37-27)17-20-11-24(28(30,31)32)15-25(12-20)29(33,34)35/h11-15,19H,3-10,16-18H2,1-2H3. The first kappa shape index (κ1) is 29.2. The number of rotatable bonds is 9. The summed E-state index contributed by atoms with van der Waals surface area (Å²) in [4.78, 5) is 5.18. The van der Waals surface area contributed by atoms with E-state index in [0.29, 0.717) is 5.92 Å². The zero-order valence-electron chi connectivity index (χ0n) is 23.2. The van der Waals surface area contributed by atoms with Crippen LogP contribution in [-0.4, -0.2) is 33.3 Å². The van der Waals surface area contributed by atoms with Gasteiger partial charge in [0.25, 0.3) is 5.95 Å². The van der Waals surface area contributed by atoms with Crippen LogP contribution >= 0.6 is 0 Å². The van der Waals surface area contributed by atoms with Crippen molar-refractivity contribution in [3.63, 3.8) is 0 Å². The van der Waals surface area contributed by atoms with E-state index >= 15 is 0 Å². The molecule has 1 fully saturated rings. The summed E-state index contributed by atoms with van der Waals surface area (Å²) in [5.41, 5.74) is 1.69. The fourth-order valence-electron chi connectivity index (χ4n) is 6.12. The Bertz CT molecular complexity index is 1330. The van der Waals surface area contributed by atoms with Gasteiger partial charge in [-0.25, -0.2) is 0 Å². The van der Waals surface area contributed by atoms with Gasteiger partial charge in [0.15, 0.2) is 0 Å². The SMILES string of the molecule is CCN(CC1CCCC1)c1cc2c(cc1CN(Cc1cc(C(F)(F)F)cc(C(F)(F)F)c1)c1nnn(C)n1)CCC2. The van der Waals surface area contributed by atoms with Crippen molar-refractivity contribution in [1.29, 1.82) is 0 Å². The molecular weight excluding hydrogens is 546 g/mol. The van der Waals surface area contributed by atoms with Crippen molar-refractivity contribution in [2.24, 2.45) is 13.0 Å². The lowest BCUT2D eigenvalue weighted by Crippen LogP contribution is -2.31. The third-order valence-electron chi connectivity index (χ3n) is 8.13. The average molecular weight is 581 g/mol. The number of tetrazole rings is 1. The van der Waals surface area contributed by atoms with E-state index in [-0.39, 0.29) is 30.7 Å². The van der Waals surface area contributed by atoms with E-state index in [9.17, 15) is 26.3 Å². The van der Waals surface area contributed by atoms with Gasteiger partial charge in [0.2, 0.25) is 0 Å². The maximum atomic E-state index is 13.6. The van der Waals surface area contributed by atoms with Crippen LogP contribution in [0.5, 0.6) is 0 Å². The molecule has 2 aliphatic rings. The molecule has 1 saturated carbocycles. The van der Waals surface area contributed by atoms with Crippen molar-refractivity contribution < 1.29 is 26.3 Å². The van der Waals surface area contributed by atoms with Gasteiger partial charge in [-0.05, 0) is 96.7 Å². The Kier molecular flexibility index (Phi) is 8.20. The second-order valence-corrected chi connectivity index (χ2v) is 11.1. The highest BCUT2D eigenvalue weighted by Gasteiger charge is 2.37. The molecule has 0 N–H and O–H groups in total. The number of hydrogen-bond donors (Lipinski definition) is 0. The molecule has 2 aromatic carbocycles. The minimum Gasteiger partial charge on any atom is -0.371 e. The van der Waals surface area contributed by atoms with Gasteiger partial charge in [0.05, 0.1) is 18.2 Å². The molecule has 5 rings (SSSR count). The van der Waals surface area contributed by atoms with Crippen LogP contribution in [-0.2, 0) is 45.3 Å². The summed E-state index contributed by atoms with van der Waals surface area (Å²) in [5, 5.41) is 12.2. The van der Waals surface area contributed by atoms with Gasteiger partial charge in [0.1, 0.15) is 0 Å². The molecule has 1 heterocycles. The molecule has 0 spiro atoms. The quantitative estimate of drug-likeness (QED) is 0.256. The van der Waals surface area contributed by atoms with E-state index in [1.54, 1.807) is 11.9 Å². The maximum Gasteiger partial charge on any atom is 0.416 e. The largest absolute Gasteiger partial charge is 0.416 e. The van der Waals surface area contributed by atoms with E-state index in [2.05, 4.69) is 39.4 Å². The summed E-state index contributed by atoms with van der Waals surface area (Å²) in [6.45, 7) is 3.74. The summed E-state index contributed by atoms with van der Waals surface area (Å²) in [5.74, 6) is 0.725. The molecule has 2 aliphatic carbocycles. The summed E-state index contributed by atoms with van der Waals surface area (Å²) in [6.07, 6.45) is -2.07. The van der Waals surface area contributed by atoms with Crippen LogP contribution in [0.2, 0.25) is 0 Å². The molecule has 6 nitrogen and oxygen atoms in total. The molecule has 0 amide bonds. The average Bonchev–Trinajstić information content (AvgIpc) is 3.67. The maximum absolute atomic E-state index is 13.6. The molecular formula is C29H34F6N6. The summed E-state index contributed by atoms with van der Waals surface area (Å²) in [6, 6.07) is 6.05. The Hall–Kier alpha value is -3.31. The summed E-state index contributed by atoms with van der Waals surface area (Å²) in [7, 11) is 1.56. The van der Waals surface area contributed by atoms with Crippen LogP contribution in [0.25, 0.3) is 0 Å². The van der Waals surface area contributed by atoms with Gasteiger partial charge < -0.3 is 9.80 Å². The predicted molar refractivity (Wildman–Crippen MR) is 143 cm³/mol. The number of aryl methyl sites for hydroxylation is 3. The lowest BCUT2D eigenvalue weighted by atomic mass is 10.0. The van der Waals surface area contributed by atoms with Crippen LogP contribution in [0, 0.1) is 5.92 Å². The fraction of sp³-hybridized carbons (Fsp3) is 0.552. The van der Waals surface area contributed by atoms with Crippen molar-refractivity contribution in [3.8, 4) is 0 Å². The van der Waals surface area contributed by atoms with E-state index < -0.39 is 23.5 Å². The Morgan fingerprint density at radius 2 is 1.46 bits per heavy atom. The van der Waals surface area contributed by atoms with Gasteiger partial charge in [-0.2, -0.15) is 31.1 Å². The van der Waals surface area contributed by atoms with Crippen molar-refractivity contribution >= 4 is 11.6 Å². The van der Waals surface area contributed by atoms with Crippen molar-refractivity contribution in [2.45, 2.75) is 77.3 Å². The molecule has 3 aromatic rings. The Balaban J connectivity index is 1.54. The van der Waals surface area contributed by atoms with Crippen LogP contribution in [0.1, 0.15) is 72.4 Å². The van der Waals surface area contributed by atoms with Gasteiger partial charge in [-0.1, -0.05) is 24.0 Å². The normalized spacial score (nSPS) is 15.9. The highest BCUT2D eigenvalue weighted by atomic mass is 19.4. The number of hydrogen-bond acceptors (Lipinski definition) is 5. The van der Waals surface area contributed by atoms with E-state index in [4.69, 9.17) is 0 Å². The first-order valence-electron chi connectivity index (χ1n) is 14.1. The number of nitrogens with zero attached hydrogens (tertiary/aromatic N) is 6. The zero-order valence-corrected chi connectivity index (χ0v) is 23.2. The molecule has 12 heteroatoms. The van der Waals surface area contributed by atoms with E-state index in [1.165, 1.54) is 41.6 Å². The lowest BCUT2D eigenvalue weighted by molar-refractivity contribution is -0.143. The van der Waals surface area contributed by atoms with Crippen LogP contribution < -0.4 is 9.80 Å². The molecule has 0 saturated heterocycles. The number of alkyl halides is 6. The Labute approximate surface area is 235 Å². The summed E-state index contributed by atoms with van der Waals surface area (Å²) >= 11 is 0. The topological polar surface area (TPSA) is 50.1 Å². The van der Waals surface area contributed by atoms with Crippen molar-refractivity contribution in [1.82, 2.24) is 20.2 Å². The molecule has 0 atom stereocenters. The molecule has 222 valence electrons. The van der Waals surface area contributed by atoms with Crippen LogP contribution in [0.3, 0.4) is 0 Å². The monoisotopic (exact) mass is 580 g/mol. The molecule has 1 aromatic heterocycles. The molecule has 0 bridgehead atoms. The summed E-state index contributed by atoms with van der Waals surface area (Å²) < 4.78 is 81.6. The third kappa shape index (κ3) is 6.78. The second kappa shape index (κ2) is 11.5. The van der Waals surface area contributed by atoms with E-state index in [0.717, 1.165) is 55.7 Å². The Morgan fingerprint density at radius 1 is 0.829 bits per heavy atom. The Morgan fingerprint density at radius 3 is 2.02 bits per heavy atom. The molecule has 41 heavy (non-hydrogen) atoms. The van der Waals surface area contributed by atoms with Crippen molar-refractivity contribution in [2.75, 3.05) is 22.9 Å². The van der Waals surface area contributed by atoms with E-state index in [1.807, 2.05) is 0 Å². The second-order valence-electron chi connectivity index (χ2n) is 11.1. The number of aromatic nitrogens is 4. The predicted octanol–water partition coefficient (Wildman–Crippen LogP) is 6.96.